The van der Waals surface area contributed by atoms with Crippen LogP contribution in [0, 0.1) is 5.92 Å². The third-order valence-corrected chi connectivity index (χ3v) is 5.78. The maximum atomic E-state index is 13.1. The number of hydrogen-bond acceptors (Lipinski definition) is 2. The van der Waals surface area contributed by atoms with Crippen molar-refractivity contribution in [2.24, 2.45) is 5.92 Å². The van der Waals surface area contributed by atoms with Gasteiger partial charge < -0.3 is 10.2 Å². The van der Waals surface area contributed by atoms with Gasteiger partial charge in [0.2, 0.25) is 11.8 Å². The van der Waals surface area contributed by atoms with Crippen LogP contribution in [0.2, 0.25) is 0 Å². The quantitative estimate of drug-likeness (QED) is 0.785. The lowest BCUT2D eigenvalue weighted by Gasteiger charge is -2.52. The summed E-state index contributed by atoms with van der Waals surface area (Å²) >= 11 is 0. The zero-order chi connectivity index (χ0) is 15.7. The van der Waals surface area contributed by atoms with Gasteiger partial charge in [-0.25, -0.2) is 0 Å². The highest BCUT2D eigenvalue weighted by atomic mass is 16.2. The number of carbonyl (C=O) groups is 2. The highest BCUT2D eigenvalue weighted by molar-refractivity contribution is 6.02. The molecular weight excluding hydrogens is 264 g/mol. The van der Waals surface area contributed by atoms with Crippen molar-refractivity contribution < 1.29 is 9.59 Å². The Kier molecular flexibility index (Phi) is 4.64. The molecule has 0 spiro atoms. The number of nitrogens with zero attached hydrogens (tertiary/aromatic N) is 1. The van der Waals surface area contributed by atoms with E-state index < -0.39 is 11.1 Å². The molecule has 0 unspecified atom stereocenters. The molecule has 0 atom stereocenters. The fourth-order valence-corrected chi connectivity index (χ4v) is 3.68. The Morgan fingerprint density at radius 1 is 1.05 bits per heavy atom. The fraction of sp³-hybridized carbons (Fsp3) is 0.882. The lowest BCUT2D eigenvalue weighted by atomic mass is 9.79. The van der Waals surface area contributed by atoms with Crippen LogP contribution in [-0.4, -0.2) is 34.3 Å². The zero-order valence-electron chi connectivity index (χ0n) is 14.0. The predicted molar refractivity (Wildman–Crippen MR) is 83.8 cm³/mol. The van der Waals surface area contributed by atoms with Crippen LogP contribution in [0.4, 0.5) is 0 Å². The van der Waals surface area contributed by atoms with Gasteiger partial charge in [0.05, 0.1) is 0 Å². The van der Waals surface area contributed by atoms with Gasteiger partial charge in [-0.1, -0.05) is 40.5 Å². The Labute approximate surface area is 128 Å². The van der Waals surface area contributed by atoms with Crippen molar-refractivity contribution in [1.82, 2.24) is 10.2 Å². The molecule has 4 heteroatoms. The summed E-state index contributed by atoms with van der Waals surface area (Å²) in [5.41, 5.74) is -1.33. The Bertz CT molecular complexity index is 407. The molecule has 2 rings (SSSR count). The summed E-state index contributed by atoms with van der Waals surface area (Å²) < 4.78 is 0. The van der Waals surface area contributed by atoms with Gasteiger partial charge in [0, 0.05) is 6.54 Å². The minimum atomic E-state index is -0.686. The number of nitrogens with one attached hydrogen (secondary N) is 1. The summed E-state index contributed by atoms with van der Waals surface area (Å²) in [6.07, 6.45) is 6.32. The number of hydrogen-bond donors (Lipinski definition) is 1. The molecule has 0 aromatic rings. The minimum absolute atomic E-state index is 0.0478. The summed E-state index contributed by atoms with van der Waals surface area (Å²) in [5, 5.41) is 3.07. The van der Waals surface area contributed by atoms with Crippen LogP contribution in [0.1, 0.15) is 72.6 Å². The van der Waals surface area contributed by atoms with Crippen LogP contribution < -0.4 is 5.32 Å². The summed E-state index contributed by atoms with van der Waals surface area (Å²) in [6.45, 7) is 8.76. The average Bonchev–Trinajstić information content (AvgIpc) is 3.32. The van der Waals surface area contributed by atoms with Crippen molar-refractivity contribution in [3.63, 3.8) is 0 Å². The molecule has 0 bridgehead atoms. The Hall–Kier alpha value is -1.06. The van der Waals surface area contributed by atoms with Gasteiger partial charge in [-0.3, -0.25) is 9.59 Å². The molecule has 1 aliphatic heterocycles. The molecule has 1 saturated heterocycles. The molecule has 4 nitrogen and oxygen atoms in total. The second-order valence-electron chi connectivity index (χ2n) is 6.67. The molecule has 1 aliphatic carbocycles. The minimum Gasteiger partial charge on any atom is -0.340 e. The zero-order valence-corrected chi connectivity index (χ0v) is 14.0. The second kappa shape index (κ2) is 5.98. The van der Waals surface area contributed by atoms with Crippen molar-refractivity contribution in [1.29, 1.82) is 0 Å². The van der Waals surface area contributed by atoms with E-state index in [-0.39, 0.29) is 11.8 Å². The third-order valence-electron chi connectivity index (χ3n) is 5.78. The van der Waals surface area contributed by atoms with E-state index in [4.69, 9.17) is 0 Å². The van der Waals surface area contributed by atoms with E-state index in [1.807, 2.05) is 32.6 Å². The van der Waals surface area contributed by atoms with E-state index in [2.05, 4.69) is 5.32 Å². The van der Waals surface area contributed by atoms with Crippen LogP contribution >= 0.6 is 0 Å². The first-order chi connectivity index (χ1) is 9.99. The smallest absolute Gasteiger partial charge is 0.249 e. The first kappa shape index (κ1) is 16.3. The normalized spacial score (nSPS) is 24.1. The molecular formula is C17H30N2O2. The number of carbonyl (C=O) groups excluding carboxylic acids is 2. The first-order valence-electron chi connectivity index (χ1n) is 8.64. The van der Waals surface area contributed by atoms with Gasteiger partial charge in [0.25, 0.3) is 0 Å². The molecule has 2 amide bonds. The lowest BCUT2D eigenvalue weighted by molar-refractivity contribution is -0.164. The summed E-state index contributed by atoms with van der Waals surface area (Å²) in [4.78, 5) is 27.9. The standard InChI is InChI=1S/C17H30N2O2/c1-5-16(6-2)15(21)19(12-11-13-9-10-13)17(7-3,8-4)14(20)18-16/h13H,5-12H2,1-4H3,(H,18,20). The monoisotopic (exact) mass is 294 g/mol. The second-order valence-corrected chi connectivity index (χ2v) is 6.67. The van der Waals surface area contributed by atoms with E-state index in [9.17, 15) is 9.59 Å². The molecule has 0 aromatic heterocycles. The van der Waals surface area contributed by atoms with Gasteiger partial charge in [0.15, 0.2) is 0 Å². The fourth-order valence-electron chi connectivity index (χ4n) is 3.68. The lowest BCUT2D eigenvalue weighted by Crippen LogP contribution is -2.75. The summed E-state index contributed by atoms with van der Waals surface area (Å²) in [7, 11) is 0. The van der Waals surface area contributed by atoms with E-state index in [1.54, 1.807) is 0 Å². The number of amides is 2. The van der Waals surface area contributed by atoms with Crippen molar-refractivity contribution in [3.05, 3.63) is 0 Å². The van der Waals surface area contributed by atoms with Crippen molar-refractivity contribution >= 4 is 11.8 Å². The van der Waals surface area contributed by atoms with Crippen LogP contribution in [0.5, 0.6) is 0 Å². The third kappa shape index (κ3) is 2.58. The van der Waals surface area contributed by atoms with Gasteiger partial charge in [0.1, 0.15) is 11.1 Å². The van der Waals surface area contributed by atoms with Crippen molar-refractivity contribution in [2.45, 2.75) is 83.7 Å². The largest absolute Gasteiger partial charge is 0.340 e. The van der Waals surface area contributed by atoms with Gasteiger partial charge in [-0.05, 0) is 38.0 Å². The first-order valence-corrected chi connectivity index (χ1v) is 8.64. The van der Waals surface area contributed by atoms with Crippen molar-refractivity contribution in [3.8, 4) is 0 Å². The SMILES string of the molecule is CCC1(CC)NC(=O)C(CC)(CC)N(CCC2CC2)C1=O. The van der Waals surface area contributed by atoms with Crippen LogP contribution in [-0.2, 0) is 9.59 Å². The van der Waals surface area contributed by atoms with E-state index in [0.717, 1.165) is 18.9 Å². The molecule has 1 N–H and O–H groups in total. The molecule has 2 aliphatic rings. The summed E-state index contributed by atoms with van der Waals surface area (Å²) in [6, 6.07) is 0. The maximum Gasteiger partial charge on any atom is 0.249 e. The molecule has 21 heavy (non-hydrogen) atoms. The number of piperazine rings is 1. The Morgan fingerprint density at radius 2 is 1.62 bits per heavy atom. The van der Waals surface area contributed by atoms with E-state index in [0.29, 0.717) is 25.7 Å². The Morgan fingerprint density at radius 3 is 2.05 bits per heavy atom. The van der Waals surface area contributed by atoms with E-state index in [1.165, 1.54) is 12.8 Å². The van der Waals surface area contributed by atoms with Crippen LogP contribution in [0.25, 0.3) is 0 Å². The topological polar surface area (TPSA) is 49.4 Å². The highest BCUT2D eigenvalue weighted by Crippen LogP contribution is 2.38. The van der Waals surface area contributed by atoms with E-state index >= 15 is 0 Å². The molecule has 0 aromatic carbocycles. The molecule has 120 valence electrons. The molecule has 0 radical (unpaired) electrons. The highest BCUT2D eigenvalue weighted by Gasteiger charge is 2.55. The molecule has 1 saturated carbocycles. The average molecular weight is 294 g/mol. The Balaban J connectivity index is 2.32. The number of rotatable bonds is 7. The van der Waals surface area contributed by atoms with Crippen LogP contribution in [0.3, 0.4) is 0 Å². The van der Waals surface area contributed by atoms with Crippen LogP contribution in [0.15, 0.2) is 0 Å². The maximum absolute atomic E-state index is 13.1. The van der Waals surface area contributed by atoms with Gasteiger partial charge in [-0.15, -0.1) is 0 Å². The molecule has 2 fully saturated rings. The van der Waals surface area contributed by atoms with Gasteiger partial charge in [-0.2, -0.15) is 0 Å². The molecule has 1 heterocycles. The summed E-state index contributed by atoms with van der Waals surface area (Å²) in [5.74, 6) is 0.954. The van der Waals surface area contributed by atoms with Crippen molar-refractivity contribution in [2.75, 3.05) is 6.54 Å². The predicted octanol–water partition coefficient (Wildman–Crippen LogP) is 2.86. The van der Waals surface area contributed by atoms with Gasteiger partial charge >= 0.3 is 0 Å².